The van der Waals surface area contributed by atoms with Gasteiger partial charge in [-0.2, -0.15) is 0 Å². The van der Waals surface area contributed by atoms with Gasteiger partial charge in [0.25, 0.3) is 0 Å². The number of hydrogen-bond donors (Lipinski definition) is 2. The number of hydrogen-bond acceptors (Lipinski definition) is 4. The number of nitrogens with zero attached hydrogens (tertiary/aromatic N) is 2. The minimum absolute atomic E-state index is 0.123. The van der Waals surface area contributed by atoms with Crippen LogP contribution in [0.25, 0.3) is 0 Å². The fourth-order valence-electron chi connectivity index (χ4n) is 3.17. The average Bonchev–Trinajstić information content (AvgIpc) is 2.56. The summed E-state index contributed by atoms with van der Waals surface area (Å²) < 4.78 is 0. The number of nitrogen functional groups attached to an aromatic ring is 1. The lowest BCUT2D eigenvalue weighted by atomic mass is 9.91. The Bertz CT molecular complexity index is 698. The average molecular weight is 310 g/mol. The highest BCUT2D eigenvalue weighted by Gasteiger charge is 2.32. The largest absolute Gasteiger partial charge is 0.397 e. The van der Waals surface area contributed by atoms with Crippen molar-refractivity contribution < 1.29 is 4.79 Å². The Morgan fingerprint density at radius 2 is 2.13 bits per heavy atom. The van der Waals surface area contributed by atoms with E-state index in [-0.39, 0.29) is 18.0 Å². The van der Waals surface area contributed by atoms with Crippen LogP contribution in [0.1, 0.15) is 38.3 Å². The molecule has 3 N–H and O–H groups in total. The molecule has 1 aromatic carbocycles. The van der Waals surface area contributed by atoms with E-state index in [1.165, 1.54) is 0 Å². The van der Waals surface area contributed by atoms with Crippen molar-refractivity contribution >= 4 is 23.1 Å². The molecule has 5 nitrogen and oxygen atoms in total. The van der Waals surface area contributed by atoms with Gasteiger partial charge in [-0.25, -0.2) is 4.98 Å². The lowest BCUT2D eigenvalue weighted by Gasteiger charge is -2.39. The molecule has 23 heavy (non-hydrogen) atoms. The topological polar surface area (TPSA) is 71.2 Å². The zero-order valence-corrected chi connectivity index (χ0v) is 13.5. The normalized spacial score (nSPS) is 20.0. The second-order valence-corrected chi connectivity index (χ2v) is 5.93. The number of nitrogens with one attached hydrogen (secondary N) is 1. The number of carbonyl (C=O) groups is 1. The summed E-state index contributed by atoms with van der Waals surface area (Å²) in [6.07, 6.45) is 3.00. The van der Waals surface area contributed by atoms with Crippen LogP contribution in [0.3, 0.4) is 0 Å². The minimum Gasteiger partial charge on any atom is -0.397 e. The maximum atomic E-state index is 12.3. The highest BCUT2D eigenvalue weighted by Crippen LogP contribution is 2.38. The van der Waals surface area contributed by atoms with Crippen LogP contribution in [0.5, 0.6) is 0 Å². The molecule has 2 unspecified atom stereocenters. The number of nitrogens with two attached hydrogens (primary N) is 1. The molecule has 2 atom stereocenters. The number of benzene rings is 1. The molecule has 5 heteroatoms. The van der Waals surface area contributed by atoms with Gasteiger partial charge in [-0.3, -0.25) is 4.79 Å². The molecule has 3 rings (SSSR count). The number of aromatic nitrogens is 1. The zero-order valence-electron chi connectivity index (χ0n) is 13.5. The second-order valence-electron chi connectivity index (χ2n) is 5.93. The number of amides is 1. The molecule has 1 amide bonds. The van der Waals surface area contributed by atoms with Crippen molar-refractivity contribution in [1.82, 2.24) is 4.98 Å². The molecule has 0 fully saturated rings. The van der Waals surface area contributed by atoms with E-state index in [1.807, 2.05) is 42.2 Å². The molecule has 1 aliphatic heterocycles. The van der Waals surface area contributed by atoms with Gasteiger partial charge >= 0.3 is 0 Å². The van der Waals surface area contributed by atoms with Gasteiger partial charge in [-0.05, 0) is 37.1 Å². The van der Waals surface area contributed by atoms with Gasteiger partial charge < -0.3 is 16.0 Å². The Balaban J connectivity index is 1.93. The molecule has 0 spiro atoms. The fourth-order valence-corrected chi connectivity index (χ4v) is 3.17. The van der Waals surface area contributed by atoms with Crippen molar-refractivity contribution in [2.24, 2.45) is 0 Å². The molecule has 2 aromatic rings. The van der Waals surface area contributed by atoms with Gasteiger partial charge in [0, 0.05) is 18.2 Å². The van der Waals surface area contributed by atoms with Crippen LogP contribution in [0.2, 0.25) is 0 Å². The monoisotopic (exact) mass is 310 g/mol. The smallest absolute Gasteiger partial charge is 0.226 e. The van der Waals surface area contributed by atoms with Crippen LogP contribution in [-0.2, 0) is 4.79 Å². The van der Waals surface area contributed by atoms with E-state index < -0.39 is 0 Å². The molecule has 2 heterocycles. The number of carbonyl (C=O) groups excluding carboxylic acids is 1. The fraction of sp³-hybridized carbons (Fsp3) is 0.333. The van der Waals surface area contributed by atoms with Crippen molar-refractivity contribution in [3.8, 4) is 0 Å². The van der Waals surface area contributed by atoms with Gasteiger partial charge in [0.05, 0.1) is 17.9 Å². The highest BCUT2D eigenvalue weighted by molar-refractivity contribution is 5.95. The Hall–Kier alpha value is -2.56. The number of rotatable bonds is 3. The summed E-state index contributed by atoms with van der Waals surface area (Å²) in [5.74, 6) is 0.954. The SMILES string of the molecule is CCC(=O)N1c2ccccc2C(Nc2ccc(N)cn2)CC1C. The second kappa shape index (κ2) is 6.28. The van der Waals surface area contributed by atoms with Gasteiger partial charge in [-0.1, -0.05) is 25.1 Å². The van der Waals surface area contributed by atoms with E-state index in [4.69, 9.17) is 5.73 Å². The van der Waals surface area contributed by atoms with Crippen molar-refractivity contribution in [2.75, 3.05) is 16.0 Å². The van der Waals surface area contributed by atoms with Crippen LogP contribution < -0.4 is 16.0 Å². The van der Waals surface area contributed by atoms with Crippen LogP contribution >= 0.6 is 0 Å². The molecule has 1 aliphatic rings. The zero-order chi connectivity index (χ0) is 16.4. The molecule has 0 radical (unpaired) electrons. The van der Waals surface area contributed by atoms with Crippen LogP contribution in [0.15, 0.2) is 42.6 Å². The standard InChI is InChI=1S/C18H22N4O/c1-3-18(23)22-12(2)10-15(14-6-4-5-7-16(14)22)21-17-9-8-13(19)11-20-17/h4-9,11-12,15H,3,10,19H2,1-2H3,(H,20,21). The molecule has 120 valence electrons. The number of pyridine rings is 1. The number of anilines is 3. The highest BCUT2D eigenvalue weighted by atomic mass is 16.2. The molecule has 0 bridgehead atoms. The Kier molecular flexibility index (Phi) is 4.19. The van der Waals surface area contributed by atoms with E-state index in [2.05, 4.69) is 23.3 Å². The van der Waals surface area contributed by atoms with Crippen LogP contribution in [-0.4, -0.2) is 16.9 Å². The van der Waals surface area contributed by atoms with Gasteiger partial charge in [0.1, 0.15) is 5.82 Å². The van der Waals surface area contributed by atoms with Crippen molar-refractivity contribution in [3.63, 3.8) is 0 Å². The summed E-state index contributed by atoms with van der Waals surface area (Å²) in [6.45, 7) is 3.99. The maximum absolute atomic E-state index is 12.3. The summed E-state index contributed by atoms with van der Waals surface area (Å²) >= 11 is 0. The predicted octanol–water partition coefficient (Wildman–Crippen LogP) is 3.35. The summed E-state index contributed by atoms with van der Waals surface area (Å²) in [4.78, 5) is 18.6. The predicted molar refractivity (Wildman–Crippen MR) is 93.3 cm³/mol. The quantitative estimate of drug-likeness (QED) is 0.912. The number of para-hydroxylation sites is 1. The van der Waals surface area contributed by atoms with E-state index in [0.717, 1.165) is 23.5 Å². The third-order valence-corrected chi connectivity index (χ3v) is 4.27. The first kappa shape index (κ1) is 15.3. The molecule has 1 aromatic heterocycles. The van der Waals surface area contributed by atoms with Crippen molar-refractivity contribution in [1.29, 1.82) is 0 Å². The van der Waals surface area contributed by atoms with Crippen LogP contribution in [0, 0.1) is 0 Å². The summed E-state index contributed by atoms with van der Waals surface area (Å²) in [5.41, 5.74) is 8.46. The third kappa shape index (κ3) is 2.99. The Morgan fingerprint density at radius 3 is 2.83 bits per heavy atom. The van der Waals surface area contributed by atoms with Crippen LogP contribution in [0.4, 0.5) is 17.2 Å². The first-order chi connectivity index (χ1) is 11.1. The van der Waals surface area contributed by atoms with Crippen molar-refractivity contribution in [2.45, 2.75) is 38.8 Å². The first-order valence-electron chi connectivity index (χ1n) is 7.99. The van der Waals surface area contributed by atoms with E-state index >= 15 is 0 Å². The lowest BCUT2D eigenvalue weighted by Crippen LogP contribution is -2.44. The molecule has 0 saturated heterocycles. The summed E-state index contributed by atoms with van der Waals surface area (Å²) in [6, 6.07) is 12.1. The lowest BCUT2D eigenvalue weighted by molar-refractivity contribution is -0.118. The molecule has 0 aliphatic carbocycles. The molecular formula is C18H22N4O. The Labute approximate surface area is 136 Å². The minimum atomic E-state index is 0.123. The van der Waals surface area contributed by atoms with Gasteiger partial charge in [0.2, 0.25) is 5.91 Å². The van der Waals surface area contributed by atoms with Crippen molar-refractivity contribution in [3.05, 3.63) is 48.2 Å². The summed E-state index contributed by atoms with van der Waals surface area (Å²) in [7, 11) is 0. The Morgan fingerprint density at radius 1 is 1.35 bits per heavy atom. The number of fused-ring (bicyclic) bond motifs is 1. The third-order valence-electron chi connectivity index (χ3n) is 4.27. The summed E-state index contributed by atoms with van der Waals surface area (Å²) in [5, 5.41) is 3.47. The van der Waals surface area contributed by atoms with E-state index in [1.54, 1.807) is 6.20 Å². The maximum Gasteiger partial charge on any atom is 0.226 e. The van der Waals surface area contributed by atoms with E-state index in [9.17, 15) is 4.79 Å². The first-order valence-corrected chi connectivity index (χ1v) is 7.99. The molecular weight excluding hydrogens is 288 g/mol. The van der Waals surface area contributed by atoms with Gasteiger partial charge in [-0.15, -0.1) is 0 Å². The van der Waals surface area contributed by atoms with Gasteiger partial charge in [0.15, 0.2) is 0 Å². The van der Waals surface area contributed by atoms with E-state index in [0.29, 0.717) is 12.1 Å². The molecule has 0 saturated carbocycles.